The molecule has 1 aromatic carbocycles. The van der Waals surface area contributed by atoms with E-state index < -0.39 is 0 Å². The Labute approximate surface area is 120 Å². The predicted molar refractivity (Wildman–Crippen MR) is 74.3 cm³/mol. The molecule has 2 atom stereocenters. The quantitative estimate of drug-likeness (QED) is 0.862. The summed E-state index contributed by atoms with van der Waals surface area (Å²) in [5.74, 6) is -0.460. The van der Waals surface area contributed by atoms with Crippen molar-refractivity contribution in [1.29, 1.82) is 0 Å². The van der Waals surface area contributed by atoms with Crippen molar-refractivity contribution in [3.63, 3.8) is 0 Å². The Kier molecular flexibility index (Phi) is 3.35. The van der Waals surface area contributed by atoms with E-state index in [0.29, 0.717) is 10.0 Å². The molecule has 0 aliphatic carbocycles. The van der Waals surface area contributed by atoms with Crippen LogP contribution in [-0.4, -0.2) is 28.9 Å². The highest BCUT2D eigenvalue weighted by molar-refractivity contribution is 9.10. The van der Waals surface area contributed by atoms with Crippen molar-refractivity contribution < 1.29 is 9.18 Å². The van der Waals surface area contributed by atoms with Crippen LogP contribution in [0.1, 0.15) is 36.0 Å². The molecular formula is C14H16BrFN2O. The minimum absolute atomic E-state index is 0.0780. The Morgan fingerprint density at radius 2 is 1.95 bits per heavy atom. The Hall–Kier alpha value is -0.940. The number of amides is 1. The second-order valence-corrected chi connectivity index (χ2v) is 6.31. The number of hydrogen-bond donors (Lipinski definition) is 1. The number of fused-ring (bicyclic) bond motifs is 2. The fourth-order valence-electron chi connectivity index (χ4n) is 3.35. The van der Waals surface area contributed by atoms with Gasteiger partial charge in [0.05, 0.1) is 5.56 Å². The number of rotatable bonds is 1. The first-order valence-corrected chi connectivity index (χ1v) is 7.39. The van der Waals surface area contributed by atoms with Crippen molar-refractivity contribution in [3.8, 4) is 0 Å². The Morgan fingerprint density at radius 1 is 1.32 bits per heavy atom. The van der Waals surface area contributed by atoms with Crippen molar-refractivity contribution >= 4 is 21.8 Å². The third-order valence-electron chi connectivity index (χ3n) is 4.16. The van der Waals surface area contributed by atoms with E-state index in [2.05, 4.69) is 15.9 Å². The van der Waals surface area contributed by atoms with Gasteiger partial charge in [0, 0.05) is 22.6 Å². The van der Waals surface area contributed by atoms with E-state index in [-0.39, 0.29) is 29.8 Å². The minimum atomic E-state index is -0.382. The summed E-state index contributed by atoms with van der Waals surface area (Å²) in [4.78, 5) is 14.5. The summed E-state index contributed by atoms with van der Waals surface area (Å²) >= 11 is 3.33. The molecule has 5 heteroatoms. The zero-order chi connectivity index (χ0) is 13.6. The van der Waals surface area contributed by atoms with Crippen LogP contribution in [0.4, 0.5) is 4.39 Å². The van der Waals surface area contributed by atoms with Gasteiger partial charge in [-0.15, -0.1) is 0 Å². The second kappa shape index (κ2) is 4.87. The summed E-state index contributed by atoms with van der Waals surface area (Å²) in [6.45, 7) is 0. The molecule has 19 heavy (non-hydrogen) atoms. The Morgan fingerprint density at radius 3 is 2.58 bits per heavy atom. The predicted octanol–water partition coefficient (Wildman–Crippen LogP) is 2.68. The topological polar surface area (TPSA) is 46.3 Å². The largest absolute Gasteiger partial charge is 0.333 e. The number of carbonyl (C=O) groups is 1. The highest BCUT2D eigenvalue weighted by Gasteiger charge is 2.42. The molecule has 0 spiro atoms. The van der Waals surface area contributed by atoms with E-state index >= 15 is 0 Å². The zero-order valence-corrected chi connectivity index (χ0v) is 12.1. The van der Waals surface area contributed by atoms with Gasteiger partial charge in [0.2, 0.25) is 0 Å². The number of piperidine rings is 1. The fourth-order valence-corrected chi connectivity index (χ4v) is 3.77. The van der Waals surface area contributed by atoms with Gasteiger partial charge < -0.3 is 10.6 Å². The number of halogens is 2. The van der Waals surface area contributed by atoms with E-state index in [1.54, 1.807) is 6.07 Å². The molecule has 0 aromatic heterocycles. The number of hydrogen-bond acceptors (Lipinski definition) is 2. The van der Waals surface area contributed by atoms with Crippen LogP contribution in [0, 0.1) is 5.82 Å². The first kappa shape index (κ1) is 13.1. The van der Waals surface area contributed by atoms with Crippen LogP contribution < -0.4 is 5.73 Å². The first-order chi connectivity index (χ1) is 9.06. The van der Waals surface area contributed by atoms with Gasteiger partial charge in [-0.3, -0.25) is 4.79 Å². The molecule has 1 aromatic rings. The van der Waals surface area contributed by atoms with Gasteiger partial charge in [0.25, 0.3) is 5.91 Å². The van der Waals surface area contributed by atoms with Crippen LogP contribution in [0.5, 0.6) is 0 Å². The molecule has 102 valence electrons. The van der Waals surface area contributed by atoms with Gasteiger partial charge >= 0.3 is 0 Å². The number of nitrogens with two attached hydrogens (primary N) is 1. The lowest BCUT2D eigenvalue weighted by Crippen LogP contribution is -2.50. The highest BCUT2D eigenvalue weighted by atomic mass is 79.9. The molecule has 2 fully saturated rings. The molecular weight excluding hydrogens is 311 g/mol. The molecule has 3 rings (SSSR count). The summed E-state index contributed by atoms with van der Waals surface area (Å²) in [5, 5.41) is 0. The average Bonchev–Trinajstić information content (AvgIpc) is 2.64. The van der Waals surface area contributed by atoms with Crippen LogP contribution in [0.25, 0.3) is 0 Å². The average molecular weight is 327 g/mol. The van der Waals surface area contributed by atoms with Crippen molar-refractivity contribution in [2.45, 2.75) is 43.8 Å². The van der Waals surface area contributed by atoms with Gasteiger partial charge in [-0.1, -0.05) is 0 Å². The zero-order valence-electron chi connectivity index (χ0n) is 10.5. The van der Waals surface area contributed by atoms with Crippen molar-refractivity contribution in [3.05, 3.63) is 34.1 Å². The third-order valence-corrected chi connectivity index (χ3v) is 4.85. The van der Waals surface area contributed by atoms with Gasteiger partial charge in [-0.05, 0) is 59.8 Å². The molecule has 2 saturated heterocycles. The Bertz CT molecular complexity index is 508. The summed E-state index contributed by atoms with van der Waals surface area (Å²) in [7, 11) is 0. The Balaban J connectivity index is 1.90. The standard InChI is InChI=1S/C14H16BrFN2O/c15-13-4-1-8(16)5-12(13)14(19)18-10-2-3-11(18)7-9(17)6-10/h1,4-5,9-11H,2-3,6-7,17H2. The van der Waals surface area contributed by atoms with Crippen LogP contribution >= 0.6 is 15.9 Å². The molecule has 0 saturated carbocycles. The van der Waals surface area contributed by atoms with E-state index in [1.165, 1.54) is 12.1 Å². The SMILES string of the molecule is NC1CC2CCC(C1)N2C(=O)c1cc(F)ccc1Br. The molecule has 2 bridgehead atoms. The first-order valence-electron chi connectivity index (χ1n) is 6.59. The number of carbonyl (C=O) groups excluding carboxylic acids is 1. The molecule has 2 heterocycles. The molecule has 2 aliphatic rings. The number of nitrogens with zero attached hydrogens (tertiary/aromatic N) is 1. The van der Waals surface area contributed by atoms with E-state index in [9.17, 15) is 9.18 Å². The molecule has 1 amide bonds. The summed E-state index contributed by atoms with van der Waals surface area (Å²) in [6.07, 6.45) is 3.73. The highest BCUT2D eigenvalue weighted by Crippen LogP contribution is 2.37. The summed E-state index contributed by atoms with van der Waals surface area (Å²) in [6, 6.07) is 4.87. The lowest BCUT2D eigenvalue weighted by Gasteiger charge is -2.38. The van der Waals surface area contributed by atoms with Crippen LogP contribution in [0.3, 0.4) is 0 Å². The van der Waals surface area contributed by atoms with E-state index in [0.717, 1.165) is 25.7 Å². The summed E-state index contributed by atoms with van der Waals surface area (Å²) < 4.78 is 14.0. The lowest BCUT2D eigenvalue weighted by molar-refractivity contribution is 0.0573. The van der Waals surface area contributed by atoms with Crippen molar-refractivity contribution in [2.75, 3.05) is 0 Å². The fraction of sp³-hybridized carbons (Fsp3) is 0.500. The van der Waals surface area contributed by atoms with Crippen molar-refractivity contribution in [2.24, 2.45) is 5.73 Å². The van der Waals surface area contributed by atoms with E-state index in [4.69, 9.17) is 5.73 Å². The van der Waals surface area contributed by atoms with Crippen molar-refractivity contribution in [1.82, 2.24) is 4.90 Å². The van der Waals surface area contributed by atoms with Gasteiger partial charge in [-0.2, -0.15) is 0 Å². The maximum absolute atomic E-state index is 13.3. The molecule has 2 aliphatic heterocycles. The van der Waals surface area contributed by atoms with Crippen LogP contribution in [0.2, 0.25) is 0 Å². The smallest absolute Gasteiger partial charge is 0.255 e. The number of benzene rings is 1. The van der Waals surface area contributed by atoms with Gasteiger partial charge in [-0.25, -0.2) is 4.39 Å². The lowest BCUT2D eigenvalue weighted by atomic mass is 9.97. The maximum atomic E-state index is 13.3. The normalized spacial score (nSPS) is 29.6. The van der Waals surface area contributed by atoms with Gasteiger partial charge in [0.15, 0.2) is 0 Å². The van der Waals surface area contributed by atoms with Crippen LogP contribution in [0.15, 0.2) is 22.7 Å². The van der Waals surface area contributed by atoms with Crippen LogP contribution in [-0.2, 0) is 0 Å². The molecule has 2 N–H and O–H groups in total. The third kappa shape index (κ3) is 2.30. The van der Waals surface area contributed by atoms with Gasteiger partial charge in [0.1, 0.15) is 5.82 Å². The monoisotopic (exact) mass is 326 g/mol. The maximum Gasteiger partial charge on any atom is 0.255 e. The summed E-state index contributed by atoms with van der Waals surface area (Å²) in [5.41, 5.74) is 6.41. The second-order valence-electron chi connectivity index (χ2n) is 5.45. The molecule has 2 unspecified atom stereocenters. The molecule has 3 nitrogen and oxygen atoms in total. The molecule has 0 radical (unpaired) electrons. The minimum Gasteiger partial charge on any atom is -0.333 e. The van der Waals surface area contributed by atoms with E-state index in [1.807, 2.05) is 4.90 Å².